The molecular formula is C10H13ClN2O4S. The number of amides is 1. The predicted octanol–water partition coefficient (Wildman–Crippen LogP) is 1.95. The Balaban J connectivity index is 2.60. The third-order valence-electron chi connectivity index (χ3n) is 1.94. The van der Waals surface area contributed by atoms with Gasteiger partial charge in [0.25, 0.3) is 0 Å². The normalized spacial score (nSPS) is 9.94. The van der Waals surface area contributed by atoms with Gasteiger partial charge in [0, 0.05) is 4.88 Å². The summed E-state index contributed by atoms with van der Waals surface area (Å²) in [5.74, 6) is -0.115. The number of aromatic nitrogens is 1. The maximum Gasteiger partial charge on any atom is 0.413 e. The second-order valence-electron chi connectivity index (χ2n) is 3.23. The average molecular weight is 293 g/mol. The van der Waals surface area contributed by atoms with Crippen LogP contribution in [0.25, 0.3) is 0 Å². The highest BCUT2D eigenvalue weighted by atomic mass is 35.5. The first-order chi connectivity index (χ1) is 8.56. The third kappa shape index (κ3) is 4.50. The van der Waals surface area contributed by atoms with Gasteiger partial charge in [-0.05, 0) is 6.92 Å². The van der Waals surface area contributed by atoms with E-state index < -0.39 is 6.09 Å². The SMILES string of the molecule is COC(=O)Cc1sc(NC(=O)OCCCl)nc1C. The van der Waals surface area contributed by atoms with E-state index in [0.717, 1.165) is 4.88 Å². The zero-order chi connectivity index (χ0) is 13.5. The molecule has 1 heterocycles. The Kier molecular flexibility index (Phi) is 5.87. The fraction of sp³-hybridized carbons (Fsp3) is 0.500. The number of hydrogen-bond donors (Lipinski definition) is 1. The summed E-state index contributed by atoms with van der Waals surface area (Å²) >= 11 is 6.59. The molecule has 0 atom stereocenters. The molecule has 18 heavy (non-hydrogen) atoms. The molecule has 0 saturated heterocycles. The quantitative estimate of drug-likeness (QED) is 0.663. The molecule has 1 N–H and O–H groups in total. The molecule has 0 bridgehead atoms. The maximum absolute atomic E-state index is 11.3. The Morgan fingerprint density at radius 3 is 2.83 bits per heavy atom. The lowest BCUT2D eigenvalue weighted by Crippen LogP contribution is -2.14. The number of alkyl halides is 1. The van der Waals surface area contributed by atoms with Gasteiger partial charge < -0.3 is 9.47 Å². The van der Waals surface area contributed by atoms with Gasteiger partial charge in [-0.2, -0.15) is 0 Å². The molecule has 100 valence electrons. The molecule has 0 aliphatic heterocycles. The number of halogens is 1. The maximum atomic E-state index is 11.3. The number of anilines is 1. The Hall–Kier alpha value is -1.34. The number of thiazole rings is 1. The molecule has 0 spiro atoms. The number of carbonyl (C=O) groups is 2. The lowest BCUT2D eigenvalue weighted by atomic mass is 10.3. The van der Waals surface area contributed by atoms with Gasteiger partial charge in [0.15, 0.2) is 5.13 Å². The number of esters is 1. The van der Waals surface area contributed by atoms with Crippen LogP contribution < -0.4 is 5.32 Å². The van der Waals surface area contributed by atoms with Crippen LogP contribution >= 0.6 is 22.9 Å². The summed E-state index contributed by atoms with van der Waals surface area (Å²) in [4.78, 5) is 27.2. The molecule has 0 aliphatic rings. The first-order valence-electron chi connectivity index (χ1n) is 5.09. The van der Waals surface area contributed by atoms with Crippen LogP contribution in [-0.4, -0.2) is 36.6 Å². The van der Waals surface area contributed by atoms with Crippen LogP contribution in [0.4, 0.5) is 9.93 Å². The van der Waals surface area contributed by atoms with E-state index in [1.807, 2.05) is 0 Å². The molecule has 0 saturated carbocycles. The van der Waals surface area contributed by atoms with Gasteiger partial charge in [0.05, 0.1) is 25.1 Å². The van der Waals surface area contributed by atoms with Crippen LogP contribution in [0.2, 0.25) is 0 Å². The summed E-state index contributed by atoms with van der Waals surface area (Å²) in [6.45, 7) is 1.89. The van der Waals surface area contributed by atoms with Crippen molar-refractivity contribution in [3.05, 3.63) is 10.6 Å². The molecule has 0 fully saturated rings. The topological polar surface area (TPSA) is 77.5 Å². The summed E-state index contributed by atoms with van der Waals surface area (Å²) in [5, 5.41) is 2.85. The first kappa shape index (κ1) is 14.7. The average Bonchev–Trinajstić information content (AvgIpc) is 2.66. The lowest BCUT2D eigenvalue weighted by Gasteiger charge is -2.01. The van der Waals surface area contributed by atoms with Crippen molar-refractivity contribution in [1.82, 2.24) is 4.98 Å². The minimum Gasteiger partial charge on any atom is -0.469 e. The smallest absolute Gasteiger partial charge is 0.413 e. The van der Waals surface area contributed by atoms with Crippen molar-refractivity contribution in [2.45, 2.75) is 13.3 Å². The molecule has 1 aromatic heterocycles. The van der Waals surface area contributed by atoms with E-state index in [2.05, 4.69) is 15.0 Å². The molecule has 0 radical (unpaired) electrons. The van der Waals surface area contributed by atoms with Gasteiger partial charge in [-0.15, -0.1) is 22.9 Å². The van der Waals surface area contributed by atoms with Crippen LogP contribution in [-0.2, 0) is 20.7 Å². The van der Waals surface area contributed by atoms with Crippen molar-refractivity contribution in [3.63, 3.8) is 0 Å². The Labute approximate surface area is 113 Å². The van der Waals surface area contributed by atoms with Crippen molar-refractivity contribution in [2.75, 3.05) is 24.9 Å². The molecule has 0 unspecified atom stereocenters. The largest absolute Gasteiger partial charge is 0.469 e. The van der Waals surface area contributed by atoms with Gasteiger partial charge in [0.2, 0.25) is 0 Å². The highest BCUT2D eigenvalue weighted by Gasteiger charge is 2.13. The van der Waals surface area contributed by atoms with Crippen molar-refractivity contribution in [3.8, 4) is 0 Å². The van der Waals surface area contributed by atoms with E-state index in [1.165, 1.54) is 18.4 Å². The summed E-state index contributed by atoms with van der Waals surface area (Å²) in [6, 6.07) is 0. The number of hydrogen-bond acceptors (Lipinski definition) is 6. The van der Waals surface area contributed by atoms with Gasteiger partial charge in [0.1, 0.15) is 6.61 Å². The van der Waals surface area contributed by atoms with Crippen molar-refractivity contribution in [1.29, 1.82) is 0 Å². The zero-order valence-corrected chi connectivity index (χ0v) is 11.6. The molecular weight excluding hydrogens is 280 g/mol. The Bertz CT molecular complexity index is 436. The molecule has 1 amide bonds. The minimum absolute atomic E-state index is 0.132. The van der Waals surface area contributed by atoms with Crippen LogP contribution in [0.5, 0.6) is 0 Å². The van der Waals surface area contributed by atoms with Crippen molar-refractivity contribution in [2.24, 2.45) is 0 Å². The number of nitrogens with one attached hydrogen (secondary N) is 1. The highest BCUT2D eigenvalue weighted by molar-refractivity contribution is 7.16. The van der Waals surface area contributed by atoms with Gasteiger partial charge in [-0.3, -0.25) is 10.1 Å². The van der Waals surface area contributed by atoms with E-state index in [9.17, 15) is 9.59 Å². The van der Waals surface area contributed by atoms with E-state index in [0.29, 0.717) is 10.8 Å². The lowest BCUT2D eigenvalue weighted by molar-refractivity contribution is -0.139. The van der Waals surface area contributed by atoms with E-state index >= 15 is 0 Å². The summed E-state index contributed by atoms with van der Waals surface area (Å²) in [7, 11) is 1.32. The second-order valence-corrected chi connectivity index (χ2v) is 4.69. The standard InChI is InChI=1S/C10H13ClN2O4S/c1-6-7(5-8(14)16-2)18-9(12-6)13-10(15)17-4-3-11/h3-5H2,1-2H3,(H,12,13,15). The Morgan fingerprint density at radius 1 is 1.50 bits per heavy atom. The molecule has 8 heteroatoms. The van der Waals surface area contributed by atoms with Crippen LogP contribution in [0, 0.1) is 6.92 Å². The van der Waals surface area contributed by atoms with Crippen LogP contribution in [0.1, 0.15) is 10.6 Å². The van der Waals surface area contributed by atoms with Gasteiger partial charge in [-0.25, -0.2) is 9.78 Å². The fourth-order valence-corrected chi connectivity index (χ4v) is 2.11. The second kappa shape index (κ2) is 7.17. The molecule has 1 aromatic rings. The van der Waals surface area contributed by atoms with Crippen LogP contribution in [0.15, 0.2) is 0 Å². The third-order valence-corrected chi connectivity index (χ3v) is 3.17. The minimum atomic E-state index is -0.617. The highest BCUT2D eigenvalue weighted by Crippen LogP contribution is 2.23. The summed E-state index contributed by atoms with van der Waals surface area (Å²) in [6.07, 6.45) is -0.479. The van der Waals surface area contributed by atoms with Gasteiger partial charge >= 0.3 is 12.1 Å². The van der Waals surface area contributed by atoms with Gasteiger partial charge in [-0.1, -0.05) is 0 Å². The first-order valence-corrected chi connectivity index (χ1v) is 6.44. The number of carbonyl (C=O) groups excluding carboxylic acids is 2. The van der Waals surface area contributed by atoms with Crippen molar-refractivity contribution >= 4 is 40.1 Å². The molecule has 1 rings (SSSR count). The molecule has 6 nitrogen and oxygen atoms in total. The Morgan fingerprint density at radius 2 is 2.22 bits per heavy atom. The zero-order valence-electron chi connectivity index (χ0n) is 9.99. The van der Waals surface area contributed by atoms with E-state index in [4.69, 9.17) is 16.3 Å². The number of rotatable bonds is 5. The monoisotopic (exact) mass is 292 g/mol. The summed E-state index contributed by atoms with van der Waals surface area (Å²) < 4.78 is 9.31. The van der Waals surface area contributed by atoms with E-state index in [1.54, 1.807) is 6.92 Å². The fourth-order valence-electron chi connectivity index (χ4n) is 1.10. The molecule has 0 aliphatic carbocycles. The van der Waals surface area contributed by atoms with Crippen molar-refractivity contribution < 1.29 is 19.1 Å². The number of nitrogens with zero attached hydrogens (tertiary/aromatic N) is 1. The van der Waals surface area contributed by atoms with Crippen LogP contribution in [0.3, 0.4) is 0 Å². The van der Waals surface area contributed by atoms with E-state index in [-0.39, 0.29) is 24.9 Å². The number of ether oxygens (including phenoxy) is 2. The summed E-state index contributed by atoms with van der Waals surface area (Å²) in [5.41, 5.74) is 0.679. The number of aryl methyl sites for hydroxylation is 1. The number of methoxy groups -OCH3 is 1. The predicted molar refractivity (Wildman–Crippen MR) is 68.3 cm³/mol. The molecule has 0 aromatic carbocycles.